The summed E-state index contributed by atoms with van der Waals surface area (Å²) in [5.74, 6) is -1.16. The summed E-state index contributed by atoms with van der Waals surface area (Å²) in [6, 6.07) is -0.221. The Bertz CT molecular complexity index is 917. The fourth-order valence-corrected chi connectivity index (χ4v) is 5.22. The summed E-state index contributed by atoms with van der Waals surface area (Å²) in [6.45, 7) is 13.1. The second-order valence-corrected chi connectivity index (χ2v) is 11.7. The smallest absolute Gasteiger partial charge is 0.223 e. The van der Waals surface area contributed by atoms with Gasteiger partial charge in [0.1, 0.15) is 5.78 Å². The number of aliphatic hydroxyl groups is 2. The average molecular weight is 491 g/mol. The van der Waals surface area contributed by atoms with Crippen molar-refractivity contribution in [1.29, 1.82) is 0 Å². The number of nitrogens with zero attached hydrogens (tertiary/aromatic N) is 1. The van der Waals surface area contributed by atoms with Gasteiger partial charge in [-0.2, -0.15) is 0 Å². The summed E-state index contributed by atoms with van der Waals surface area (Å²) in [6.07, 6.45) is 5.20. The Labute approximate surface area is 208 Å². The van der Waals surface area contributed by atoms with Crippen LogP contribution in [-0.2, 0) is 9.59 Å². The lowest BCUT2D eigenvalue weighted by atomic mass is 9.73. The first-order valence-corrected chi connectivity index (χ1v) is 13.2. The van der Waals surface area contributed by atoms with Crippen molar-refractivity contribution in [3.05, 3.63) is 33.3 Å². The molecule has 5 atom stereocenters. The van der Waals surface area contributed by atoms with Crippen molar-refractivity contribution in [3.63, 3.8) is 0 Å². The van der Waals surface area contributed by atoms with Crippen molar-refractivity contribution in [2.24, 2.45) is 17.3 Å². The molecule has 1 amide bonds. The van der Waals surface area contributed by atoms with Crippen LogP contribution >= 0.6 is 11.3 Å². The Morgan fingerprint density at radius 1 is 1.26 bits per heavy atom. The number of aryl methyl sites for hydroxylation is 1. The summed E-state index contributed by atoms with van der Waals surface area (Å²) in [7, 11) is 0. The first-order valence-electron chi connectivity index (χ1n) is 12.3. The summed E-state index contributed by atoms with van der Waals surface area (Å²) in [4.78, 5) is 30.5. The largest absolute Gasteiger partial charge is 0.392 e. The van der Waals surface area contributed by atoms with E-state index in [9.17, 15) is 19.8 Å². The molecule has 1 aliphatic rings. The van der Waals surface area contributed by atoms with E-state index in [2.05, 4.69) is 23.3 Å². The van der Waals surface area contributed by atoms with E-state index in [0.29, 0.717) is 6.42 Å². The molecule has 34 heavy (non-hydrogen) atoms. The van der Waals surface area contributed by atoms with Crippen LogP contribution in [0.25, 0.3) is 6.08 Å². The molecule has 0 aliphatic carbocycles. The number of carbonyl (C=O) groups excluding carboxylic acids is 2. The minimum atomic E-state index is -1.14. The number of hydrogen-bond acceptors (Lipinski definition) is 6. The molecule has 6 nitrogen and oxygen atoms in total. The Hall–Kier alpha value is -1.83. The van der Waals surface area contributed by atoms with Crippen molar-refractivity contribution < 1.29 is 19.8 Å². The second-order valence-electron chi connectivity index (χ2n) is 10.6. The van der Waals surface area contributed by atoms with Gasteiger partial charge in [0.25, 0.3) is 0 Å². The molecule has 0 saturated heterocycles. The number of rotatable bonds is 3. The van der Waals surface area contributed by atoms with E-state index in [-0.39, 0.29) is 30.1 Å². The number of nitrogens with one attached hydrogen (secondary N) is 1. The predicted molar refractivity (Wildman–Crippen MR) is 138 cm³/mol. The van der Waals surface area contributed by atoms with Crippen LogP contribution in [0.2, 0.25) is 0 Å². The third kappa shape index (κ3) is 7.85. The molecule has 1 aromatic rings. The molecule has 0 fully saturated rings. The molecule has 0 spiro atoms. The number of thiazole rings is 1. The number of aliphatic hydroxyl groups excluding tert-OH is 2. The van der Waals surface area contributed by atoms with Gasteiger partial charge in [0.05, 0.1) is 40.8 Å². The highest BCUT2D eigenvalue weighted by atomic mass is 32.1. The van der Waals surface area contributed by atoms with Crippen LogP contribution in [0, 0.1) is 24.2 Å². The maximum atomic E-state index is 13.1. The second kappa shape index (κ2) is 12.2. The zero-order valence-electron chi connectivity index (χ0n) is 21.7. The molecular weight excluding hydrogens is 448 g/mol. The van der Waals surface area contributed by atoms with E-state index in [0.717, 1.165) is 35.5 Å². The fraction of sp³-hybridized carbons (Fsp3) is 0.667. The number of Topliss-reactive ketones (excluding diaryl/α,β-unsaturated/α-hetero) is 1. The molecule has 2 rings (SSSR count). The van der Waals surface area contributed by atoms with Crippen molar-refractivity contribution in [2.75, 3.05) is 0 Å². The number of allylic oxidation sites excluding steroid dienone is 1. The summed E-state index contributed by atoms with van der Waals surface area (Å²) < 4.78 is 0. The summed E-state index contributed by atoms with van der Waals surface area (Å²) >= 11 is 1.60. The molecule has 7 heteroatoms. The molecule has 3 N–H and O–H groups in total. The lowest BCUT2D eigenvalue weighted by molar-refractivity contribution is -0.143. The molecule has 190 valence electrons. The van der Waals surface area contributed by atoms with Gasteiger partial charge >= 0.3 is 0 Å². The van der Waals surface area contributed by atoms with Crippen molar-refractivity contribution in [2.45, 2.75) is 98.8 Å². The molecule has 5 unspecified atom stereocenters. The quantitative estimate of drug-likeness (QED) is 0.527. The van der Waals surface area contributed by atoms with Gasteiger partial charge < -0.3 is 15.5 Å². The van der Waals surface area contributed by atoms with E-state index in [1.807, 2.05) is 32.2 Å². The SMILES string of the molecule is C/C1=C/C(C/C(C)=C/c2csc(C)n2)NC(=O)CC(O)C(C)(C)C(=O)C(C)C(O)C(C)CCC1. The lowest BCUT2D eigenvalue weighted by Crippen LogP contribution is -2.47. The van der Waals surface area contributed by atoms with Gasteiger partial charge in [0.2, 0.25) is 5.91 Å². The van der Waals surface area contributed by atoms with E-state index in [1.54, 1.807) is 32.1 Å². The van der Waals surface area contributed by atoms with Crippen molar-refractivity contribution in [1.82, 2.24) is 10.3 Å². The minimum absolute atomic E-state index is 0.0351. The molecule has 0 bridgehead atoms. The Morgan fingerprint density at radius 2 is 1.94 bits per heavy atom. The maximum Gasteiger partial charge on any atom is 0.223 e. The molecular formula is C27H42N2O4S. The van der Waals surface area contributed by atoms with Crippen LogP contribution in [-0.4, -0.2) is 45.1 Å². The van der Waals surface area contributed by atoms with Gasteiger partial charge in [-0.1, -0.05) is 44.9 Å². The molecule has 1 aromatic heterocycles. The number of amides is 1. The molecule has 0 saturated carbocycles. The topological polar surface area (TPSA) is 99.5 Å². The van der Waals surface area contributed by atoms with Crippen molar-refractivity contribution >= 4 is 29.1 Å². The summed E-state index contributed by atoms with van der Waals surface area (Å²) in [5.41, 5.74) is 2.04. The highest BCUT2D eigenvalue weighted by Crippen LogP contribution is 2.32. The maximum absolute atomic E-state index is 13.1. The van der Waals surface area contributed by atoms with Gasteiger partial charge in [0, 0.05) is 11.3 Å². The highest BCUT2D eigenvalue weighted by Gasteiger charge is 2.42. The predicted octanol–water partition coefficient (Wildman–Crippen LogP) is 4.84. The highest BCUT2D eigenvalue weighted by molar-refractivity contribution is 7.09. The molecule has 2 heterocycles. The van der Waals surface area contributed by atoms with Crippen LogP contribution in [0.1, 0.15) is 84.3 Å². The van der Waals surface area contributed by atoms with Gasteiger partial charge in [0.15, 0.2) is 0 Å². The van der Waals surface area contributed by atoms with Crippen LogP contribution in [0.4, 0.5) is 0 Å². The summed E-state index contributed by atoms with van der Waals surface area (Å²) in [5, 5.41) is 27.7. The van der Waals surface area contributed by atoms with E-state index in [1.165, 1.54) is 5.57 Å². The Balaban J connectivity index is 2.28. The first kappa shape index (κ1) is 28.4. The fourth-order valence-electron chi connectivity index (χ4n) is 4.65. The third-order valence-corrected chi connectivity index (χ3v) is 7.78. The van der Waals surface area contributed by atoms with Crippen LogP contribution < -0.4 is 5.32 Å². The zero-order chi connectivity index (χ0) is 25.6. The lowest BCUT2D eigenvalue weighted by Gasteiger charge is -2.34. The van der Waals surface area contributed by atoms with Crippen LogP contribution in [0.3, 0.4) is 0 Å². The standard InChI is InChI=1S/C27H42N2O4S/c1-16-9-8-10-18(3)25(32)19(4)26(33)27(6,7)23(30)14-24(31)29-21(11-16)12-17(2)13-22-15-34-20(5)28-22/h11,13,15,18-19,21,23,25,30,32H,8-10,12,14H2,1-7H3,(H,29,31)/b16-11-,17-13+. The van der Waals surface area contributed by atoms with Crippen LogP contribution in [0.15, 0.2) is 22.6 Å². The number of aromatic nitrogens is 1. The van der Waals surface area contributed by atoms with Gasteiger partial charge in [-0.15, -0.1) is 11.3 Å². The minimum Gasteiger partial charge on any atom is -0.392 e. The van der Waals surface area contributed by atoms with Crippen LogP contribution in [0.5, 0.6) is 0 Å². The van der Waals surface area contributed by atoms with Gasteiger partial charge in [-0.3, -0.25) is 9.59 Å². The number of carbonyl (C=O) groups is 2. The molecule has 1 aliphatic heterocycles. The third-order valence-electron chi connectivity index (χ3n) is 6.99. The normalized spacial score (nSPS) is 31.7. The average Bonchev–Trinajstić information content (AvgIpc) is 3.15. The Morgan fingerprint density at radius 3 is 2.56 bits per heavy atom. The first-order chi connectivity index (χ1) is 15.8. The van der Waals surface area contributed by atoms with E-state index < -0.39 is 23.5 Å². The monoisotopic (exact) mass is 490 g/mol. The zero-order valence-corrected chi connectivity index (χ0v) is 22.5. The Kier molecular flexibility index (Phi) is 10.2. The van der Waals surface area contributed by atoms with E-state index >= 15 is 0 Å². The van der Waals surface area contributed by atoms with Gasteiger partial charge in [-0.05, 0) is 58.4 Å². The van der Waals surface area contributed by atoms with Crippen molar-refractivity contribution in [3.8, 4) is 0 Å². The molecule has 0 aromatic carbocycles. The van der Waals surface area contributed by atoms with Gasteiger partial charge in [-0.25, -0.2) is 4.98 Å². The molecule has 0 radical (unpaired) electrons. The number of ketones is 1. The number of hydrogen-bond donors (Lipinski definition) is 3. The van der Waals surface area contributed by atoms with E-state index in [4.69, 9.17) is 0 Å².